The monoisotopic (exact) mass is 302 g/mol. The lowest BCUT2D eigenvalue weighted by molar-refractivity contribution is -0.112. The molecule has 1 heterocycles. The number of allylic oxidation sites excluding steroid dienone is 1. The number of hydrogen-bond donors (Lipinski definition) is 1. The minimum Gasteiger partial charge on any atom is -0.353 e. The molecule has 0 saturated carbocycles. The van der Waals surface area contributed by atoms with Gasteiger partial charge in [0.25, 0.3) is 0 Å². The molecule has 3 heteroatoms. The first kappa shape index (κ1) is 15.0. The van der Waals surface area contributed by atoms with Gasteiger partial charge in [-0.25, -0.2) is 0 Å². The van der Waals surface area contributed by atoms with Gasteiger partial charge in [-0.05, 0) is 31.5 Å². The third-order valence-corrected chi connectivity index (χ3v) is 3.56. The Morgan fingerprint density at radius 1 is 1.00 bits per heavy atom. The number of aryl methyl sites for hydroxylation is 1. The lowest BCUT2D eigenvalue weighted by atomic mass is 10.1. The average molecular weight is 302 g/mol. The first-order valence-corrected chi connectivity index (χ1v) is 7.54. The van der Waals surface area contributed by atoms with E-state index in [1.54, 1.807) is 13.0 Å². The lowest BCUT2D eigenvalue weighted by Gasteiger charge is -2.13. The summed E-state index contributed by atoms with van der Waals surface area (Å²) in [4.78, 5) is 16.2. The van der Waals surface area contributed by atoms with Gasteiger partial charge in [0.2, 0.25) is 0 Å². The predicted molar refractivity (Wildman–Crippen MR) is 95.2 cm³/mol. The van der Waals surface area contributed by atoms with E-state index in [0.29, 0.717) is 0 Å². The number of nitrogens with zero attached hydrogens (tertiary/aromatic N) is 1. The van der Waals surface area contributed by atoms with E-state index in [9.17, 15) is 4.79 Å². The quantitative estimate of drug-likeness (QED) is 0.717. The van der Waals surface area contributed by atoms with E-state index < -0.39 is 0 Å². The van der Waals surface area contributed by atoms with Crippen molar-refractivity contribution in [3.8, 4) is 0 Å². The van der Waals surface area contributed by atoms with Crippen molar-refractivity contribution in [1.29, 1.82) is 0 Å². The molecule has 0 radical (unpaired) electrons. The van der Waals surface area contributed by atoms with Crippen LogP contribution in [0.3, 0.4) is 0 Å². The Morgan fingerprint density at radius 2 is 1.78 bits per heavy atom. The van der Waals surface area contributed by atoms with E-state index in [1.165, 1.54) is 0 Å². The number of pyridine rings is 1. The molecule has 0 unspecified atom stereocenters. The summed E-state index contributed by atoms with van der Waals surface area (Å²) in [5, 5.41) is 4.44. The van der Waals surface area contributed by atoms with Gasteiger partial charge in [0, 0.05) is 22.9 Å². The number of fused-ring (bicyclic) bond motifs is 1. The largest absolute Gasteiger partial charge is 0.353 e. The molecule has 0 amide bonds. The summed E-state index contributed by atoms with van der Waals surface area (Å²) in [5.41, 5.74) is 4.49. The highest BCUT2D eigenvalue weighted by Crippen LogP contribution is 2.25. The van der Waals surface area contributed by atoms with Crippen molar-refractivity contribution < 1.29 is 4.79 Å². The van der Waals surface area contributed by atoms with E-state index in [-0.39, 0.29) is 5.78 Å². The van der Waals surface area contributed by atoms with E-state index in [4.69, 9.17) is 0 Å². The van der Waals surface area contributed by atoms with Crippen LogP contribution in [0.1, 0.15) is 18.2 Å². The molecule has 0 aliphatic carbocycles. The number of carbonyl (C=O) groups is 1. The number of carbonyl (C=O) groups excluding carboxylic acids is 1. The number of hydrogen-bond acceptors (Lipinski definition) is 3. The van der Waals surface area contributed by atoms with Crippen LogP contribution < -0.4 is 5.32 Å². The van der Waals surface area contributed by atoms with E-state index in [0.717, 1.165) is 33.5 Å². The fraction of sp³-hybridized carbons (Fsp3) is 0.100. The maximum absolute atomic E-state index is 11.6. The number of ketones is 1. The van der Waals surface area contributed by atoms with Crippen LogP contribution in [-0.2, 0) is 4.79 Å². The predicted octanol–water partition coefficient (Wildman–Crippen LogP) is 4.59. The number of benzene rings is 2. The third-order valence-electron chi connectivity index (χ3n) is 3.56. The molecule has 1 aromatic heterocycles. The third kappa shape index (κ3) is 3.46. The zero-order valence-electron chi connectivity index (χ0n) is 13.2. The molecule has 114 valence electrons. The summed E-state index contributed by atoms with van der Waals surface area (Å²) in [6, 6.07) is 19.9. The first-order valence-electron chi connectivity index (χ1n) is 7.54. The van der Waals surface area contributed by atoms with E-state index in [1.807, 2.05) is 61.5 Å². The molecule has 0 saturated heterocycles. The van der Waals surface area contributed by atoms with Gasteiger partial charge in [0.05, 0.1) is 11.2 Å². The first-order chi connectivity index (χ1) is 11.1. The zero-order valence-corrected chi connectivity index (χ0v) is 13.2. The standard InChI is InChI=1S/C20H18N2O/c1-14-11-12-17-9-6-10-18(20(17)21-14)22-19(13-15(2)23)16-7-4-3-5-8-16/h3-13,22H,1-2H3/b19-13+. The van der Waals surface area contributed by atoms with Crippen LogP contribution in [0, 0.1) is 6.92 Å². The Bertz CT molecular complexity index is 883. The second-order valence-electron chi connectivity index (χ2n) is 5.49. The molecule has 2 aromatic carbocycles. The highest BCUT2D eigenvalue weighted by atomic mass is 16.1. The molecular weight excluding hydrogens is 284 g/mol. The van der Waals surface area contributed by atoms with Crippen LogP contribution in [0.5, 0.6) is 0 Å². The number of nitrogens with one attached hydrogen (secondary N) is 1. The normalized spacial score (nSPS) is 11.5. The molecule has 3 nitrogen and oxygen atoms in total. The summed E-state index contributed by atoms with van der Waals surface area (Å²) in [7, 11) is 0. The van der Waals surface area contributed by atoms with Crippen molar-refractivity contribution in [2.75, 3.05) is 5.32 Å². The molecule has 23 heavy (non-hydrogen) atoms. The minimum absolute atomic E-state index is 0.000675. The SMILES string of the molecule is CC(=O)/C=C(/Nc1cccc2ccc(C)nc12)c1ccccc1. The maximum Gasteiger partial charge on any atom is 0.154 e. The number of rotatable bonds is 4. The zero-order chi connectivity index (χ0) is 16.2. The van der Waals surface area contributed by atoms with Crippen LogP contribution in [-0.4, -0.2) is 10.8 Å². The smallest absolute Gasteiger partial charge is 0.154 e. The fourth-order valence-electron chi connectivity index (χ4n) is 2.50. The van der Waals surface area contributed by atoms with Gasteiger partial charge >= 0.3 is 0 Å². The molecule has 0 aliphatic heterocycles. The Labute approximate surface area is 135 Å². The molecule has 1 N–H and O–H groups in total. The van der Waals surface area contributed by atoms with Gasteiger partial charge in [-0.15, -0.1) is 0 Å². The minimum atomic E-state index is 0.000675. The van der Waals surface area contributed by atoms with Crippen LogP contribution in [0.2, 0.25) is 0 Å². The van der Waals surface area contributed by atoms with Crippen molar-refractivity contribution in [3.05, 3.63) is 78.0 Å². The van der Waals surface area contributed by atoms with Gasteiger partial charge < -0.3 is 5.32 Å². The van der Waals surface area contributed by atoms with Gasteiger partial charge in [0.1, 0.15) is 0 Å². The summed E-state index contributed by atoms with van der Waals surface area (Å²) in [6.45, 7) is 3.52. The van der Waals surface area contributed by atoms with Gasteiger partial charge in [-0.3, -0.25) is 9.78 Å². The van der Waals surface area contributed by atoms with Crippen LogP contribution >= 0.6 is 0 Å². The van der Waals surface area contributed by atoms with Crippen molar-refractivity contribution in [3.63, 3.8) is 0 Å². The second-order valence-corrected chi connectivity index (χ2v) is 5.49. The molecule has 0 fully saturated rings. The van der Waals surface area contributed by atoms with E-state index >= 15 is 0 Å². The van der Waals surface area contributed by atoms with Crippen LogP contribution in [0.25, 0.3) is 16.6 Å². The Balaban J connectivity index is 2.08. The molecule has 3 aromatic rings. The van der Waals surface area contributed by atoms with Gasteiger partial charge in [0.15, 0.2) is 5.78 Å². The highest BCUT2D eigenvalue weighted by Gasteiger charge is 2.07. The number of para-hydroxylation sites is 1. The number of aromatic nitrogens is 1. The summed E-state index contributed by atoms with van der Waals surface area (Å²) in [6.07, 6.45) is 1.62. The topological polar surface area (TPSA) is 42.0 Å². The Kier molecular flexibility index (Phi) is 4.20. The average Bonchev–Trinajstić information content (AvgIpc) is 2.55. The lowest BCUT2D eigenvalue weighted by Crippen LogP contribution is -2.02. The van der Waals surface area contributed by atoms with Gasteiger partial charge in [-0.2, -0.15) is 0 Å². The Hall–Kier alpha value is -2.94. The summed E-state index contributed by atoms with van der Waals surface area (Å²) < 4.78 is 0. The van der Waals surface area contributed by atoms with E-state index in [2.05, 4.69) is 16.4 Å². The Morgan fingerprint density at radius 3 is 2.52 bits per heavy atom. The maximum atomic E-state index is 11.6. The molecule has 0 spiro atoms. The molecule has 0 bridgehead atoms. The van der Waals surface area contributed by atoms with Crippen molar-refractivity contribution in [2.45, 2.75) is 13.8 Å². The summed E-state index contributed by atoms with van der Waals surface area (Å²) in [5.74, 6) is 0.000675. The van der Waals surface area contributed by atoms with Crippen molar-refractivity contribution >= 4 is 28.1 Å². The van der Waals surface area contributed by atoms with Crippen molar-refractivity contribution in [1.82, 2.24) is 4.98 Å². The van der Waals surface area contributed by atoms with Crippen LogP contribution in [0.15, 0.2) is 66.7 Å². The molecule has 3 rings (SSSR count). The fourth-order valence-corrected chi connectivity index (χ4v) is 2.50. The second kappa shape index (κ2) is 6.44. The van der Waals surface area contributed by atoms with Gasteiger partial charge in [-0.1, -0.05) is 48.5 Å². The highest BCUT2D eigenvalue weighted by molar-refractivity contribution is 6.00. The van der Waals surface area contributed by atoms with Crippen LogP contribution in [0.4, 0.5) is 5.69 Å². The molecule has 0 aliphatic rings. The summed E-state index contributed by atoms with van der Waals surface area (Å²) >= 11 is 0. The van der Waals surface area contributed by atoms with Crippen molar-refractivity contribution in [2.24, 2.45) is 0 Å². The molecular formula is C20H18N2O. The number of anilines is 1. The molecule has 0 atom stereocenters.